The van der Waals surface area contributed by atoms with Crippen LogP contribution < -0.4 is 9.47 Å². The van der Waals surface area contributed by atoms with Crippen LogP contribution in [0.5, 0.6) is 17.2 Å². The number of ether oxygens (including phenoxy) is 2. The third kappa shape index (κ3) is 5.64. The summed E-state index contributed by atoms with van der Waals surface area (Å²) in [7, 11) is 1.62. The molecule has 7 nitrogen and oxygen atoms in total. The molecule has 1 aromatic heterocycles. The van der Waals surface area contributed by atoms with Crippen molar-refractivity contribution in [2.24, 2.45) is 0 Å². The number of benzene rings is 3. The summed E-state index contributed by atoms with van der Waals surface area (Å²) in [6, 6.07) is 16.5. The van der Waals surface area contributed by atoms with Gasteiger partial charge in [0, 0.05) is 22.7 Å². The number of aromatic hydroxyl groups is 1. The molecule has 4 aromatic rings. The van der Waals surface area contributed by atoms with Crippen molar-refractivity contribution in [1.82, 2.24) is 15.1 Å². The Morgan fingerprint density at radius 2 is 1.85 bits per heavy atom. The summed E-state index contributed by atoms with van der Waals surface area (Å²) < 4.78 is 11.8. The molecule has 0 saturated carbocycles. The Morgan fingerprint density at radius 1 is 1.05 bits per heavy atom. The fraction of sp³-hybridized carbons (Fsp3) is 0.333. The number of amides is 1. The standard InChI is InChI=1S/C33H36ClN3O4/c1-5-6-7-10-15-41-26-14-13-22(18-27(26)40-4)32-29-30(28-21(3)16-20(2)17-25(28)38)35-36-31(29)33(39)37(32)19-23-11-8-9-12-24(23)34/h8-9,11-14,16-18,32,38H,5-7,10,15,19H2,1-4H3,(H,35,36). The van der Waals surface area contributed by atoms with E-state index in [1.807, 2.05) is 62.4 Å². The number of aromatic amines is 1. The second-order valence-corrected chi connectivity index (χ2v) is 11.0. The SMILES string of the molecule is CCCCCCOc1ccc(C2c3c(-c4c(C)cc(C)cc4O)n[nH]c3C(=O)N2Cc2ccccc2Cl)cc1OC. The molecule has 0 aliphatic carbocycles. The van der Waals surface area contributed by atoms with Crippen LogP contribution in [0.1, 0.15) is 77.0 Å². The molecule has 1 amide bonds. The molecular weight excluding hydrogens is 538 g/mol. The lowest BCUT2D eigenvalue weighted by Gasteiger charge is -2.27. The number of fused-ring (bicyclic) bond motifs is 1. The van der Waals surface area contributed by atoms with Gasteiger partial charge < -0.3 is 19.5 Å². The van der Waals surface area contributed by atoms with Gasteiger partial charge in [-0.1, -0.05) is 68.1 Å². The first kappa shape index (κ1) is 28.6. The minimum Gasteiger partial charge on any atom is -0.507 e. The van der Waals surface area contributed by atoms with Gasteiger partial charge in [0.25, 0.3) is 5.91 Å². The Labute approximate surface area is 246 Å². The van der Waals surface area contributed by atoms with Gasteiger partial charge in [0.05, 0.1) is 19.8 Å². The zero-order valence-corrected chi connectivity index (χ0v) is 24.7. The third-order valence-corrected chi connectivity index (χ3v) is 7.99. The molecule has 0 radical (unpaired) electrons. The number of unbranched alkanes of at least 4 members (excludes halogenated alkanes) is 3. The molecule has 0 bridgehead atoms. The van der Waals surface area contributed by atoms with Crippen LogP contribution in [-0.2, 0) is 6.54 Å². The number of aryl methyl sites for hydroxylation is 2. The van der Waals surface area contributed by atoms with E-state index in [4.69, 9.17) is 21.1 Å². The van der Waals surface area contributed by atoms with Crippen molar-refractivity contribution < 1.29 is 19.4 Å². The molecule has 8 heteroatoms. The molecule has 2 heterocycles. The minimum atomic E-state index is -0.505. The van der Waals surface area contributed by atoms with E-state index in [0.29, 0.717) is 52.2 Å². The molecule has 1 aliphatic rings. The number of aromatic nitrogens is 2. The van der Waals surface area contributed by atoms with Crippen molar-refractivity contribution >= 4 is 17.5 Å². The summed E-state index contributed by atoms with van der Waals surface area (Å²) in [5, 5.41) is 19.1. The van der Waals surface area contributed by atoms with Gasteiger partial charge in [-0.25, -0.2) is 0 Å². The molecule has 2 N–H and O–H groups in total. The highest BCUT2D eigenvalue weighted by atomic mass is 35.5. The number of halogens is 1. The van der Waals surface area contributed by atoms with Crippen LogP contribution in [0, 0.1) is 13.8 Å². The van der Waals surface area contributed by atoms with E-state index in [-0.39, 0.29) is 11.7 Å². The first-order valence-corrected chi connectivity index (χ1v) is 14.5. The predicted molar refractivity (Wildman–Crippen MR) is 161 cm³/mol. The number of phenolic OH excluding ortho intramolecular Hbond substituents is 1. The van der Waals surface area contributed by atoms with Crippen LogP contribution >= 0.6 is 11.6 Å². The number of nitrogens with one attached hydrogen (secondary N) is 1. The molecule has 5 rings (SSSR count). The highest BCUT2D eigenvalue weighted by molar-refractivity contribution is 6.31. The van der Waals surface area contributed by atoms with Crippen molar-refractivity contribution in [2.45, 2.75) is 59.0 Å². The molecule has 0 spiro atoms. The predicted octanol–water partition coefficient (Wildman–Crippen LogP) is 7.77. The van der Waals surface area contributed by atoms with E-state index in [0.717, 1.165) is 35.1 Å². The maximum Gasteiger partial charge on any atom is 0.273 e. The third-order valence-electron chi connectivity index (χ3n) is 7.62. The van der Waals surface area contributed by atoms with E-state index < -0.39 is 6.04 Å². The number of hydrogen-bond donors (Lipinski definition) is 2. The Balaban J connectivity index is 1.59. The fourth-order valence-electron chi connectivity index (χ4n) is 5.64. The Hall–Kier alpha value is -3.97. The topological polar surface area (TPSA) is 87.7 Å². The zero-order valence-electron chi connectivity index (χ0n) is 24.0. The highest BCUT2D eigenvalue weighted by Crippen LogP contribution is 2.47. The molecule has 1 atom stereocenters. The molecular formula is C33H36ClN3O4. The van der Waals surface area contributed by atoms with Crippen LogP contribution in [0.15, 0.2) is 54.6 Å². The van der Waals surface area contributed by atoms with E-state index in [1.54, 1.807) is 18.1 Å². The van der Waals surface area contributed by atoms with E-state index >= 15 is 0 Å². The van der Waals surface area contributed by atoms with Gasteiger partial charge in [-0.15, -0.1) is 0 Å². The van der Waals surface area contributed by atoms with E-state index in [9.17, 15) is 9.90 Å². The average molecular weight is 574 g/mol. The normalized spacial score (nSPS) is 14.4. The molecule has 3 aromatic carbocycles. The molecule has 41 heavy (non-hydrogen) atoms. The van der Waals surface area contributed by atoms with Crippen LogP contribution in [0.2, 0.25) is 5.02 Å². The monoisotopic (exact) mass is 573 g/mol. The lowest BCUT2D eigenvalue weighted by atomic mass is 9.93. The zero-order chi connectivity index (χ0) is 29.1. The summed E-state index contributed by atoms with van der Waals surface area (Å²) in [5.41, 5.74) is 5.74. The summed E-state index contributed by atoms with van der Waals surface area (Å²) in [4.78, 5) is 15.7. The molecule has 0 fully saturated rings. The maximum absolute atomic E-state index is 13.9. The van der Waals surface area contributed by atoms with Gasteiger partial charge in [-0.3, -0.25) is 9.89 Å². The molecule has 214 valence electrons. The lowest BCUT2D eigenvalue weighted by Crippen LogP contribution is -2.29. The maximum atomic E-state index is 13.9. The smallest absolute Gasteiger partial charge is 0.273 e. The van der Waals surface area contributed by atoms with Gasteiger partial charge in [-0.2, -0.15) is 5.10 Å². The first-order valence-electron chi connectivity index (χ1n) is 14.1. The molecule has 1 unspecified atom stereocenters. The summed E-state index contributed by atoms with van der Waals surface area (Å²) in [6.45, 7) is 6.96. The van der Waals surface area contributed by atoms with Crippen LogP contribution in [0.4, 0.5) is 0 Å². The van der Waals surface area contributed by atoms with Crippen molar-refractivity contribution in [3.05, 3.63) is 93.1 Å². The number of methoxy groups -OCH3 is 1. The van der Waals surface area contributed by atoms with Gasteiger partial charge in [0.1, 0.15) is 17.1 Å². The number of hydrogen-bond acceptors (Lipinski definition) is 5. The molecule has 0 saturated heterocycles. The van der Waals surface area contributed by atoms with Crippen LogP contribution in [0.3, 0.4) is 0 Å². The van der Waals surface area contributed by atoms with Crippen LogP contribution in [0.25, 0.3) is 11.3 Å². The van der Waals surface area contributed by atoms with Gasteiger partial charge in [-0.05, 0) is 66.8 Å². The Bertz CT molecular complexity index is 1540. The number of carbonyl (C=O) groups excluding carboxylic acids is 1. The van der Waals surface area contributed by atoms with E-state index in [2.05, 4.69) is 17.1 Å². The van der Waals surface area contributed by atoms with Gasteiger partial charge in [0.15, 0.2) is 11.5 Å². The Kier molecular flexibility index (Phi) is 8.54. The average Bonchev–Trinajstić information content (AvgIpc) is 3.48. The number of H-pyrrole nitrogens is 1. The van der Waals surface area contributed by atoms with E-state index in [1.165, 1.54) is 12.8 Å². The Morgan fingerprint density at radius 3 is 2.59 bits per heavy atom. The highest BCUT2D eigenvalue weighted by Gasteiger charge is 2.43. The number of rotatable bonds is 11. The fourth-order valence-corrected chi connectivity index (χ4v) is 5.84. The second-order valence-electron chi connectivity index (χ2n) is 10.6. The largest absolute Gasteiger partial charge is 0.507 e. The quantitative estimate of drug-likeness (QED) is 0.179. The van der Waals surface area contributed by atoms with Gasteiger partial charge in [0.2, 0.25) is 0 Å². The van der Waals surface area contributed by atoms with Crippen LogP contribution in [-0.4, -0.2) is 39.8 Å². The second kappa shape index (κ2) is 12.3. The van der Waals surface area contributed by atoms with Crippen molar-refractivity contribution in [3.63, 3.8) is 0 Å². The summed E-state index contributed by atoms with van der Waals surface area (Å²) >= 11 is 6.53. The van der Waals surface area contributed by atoms with Gasteiger partial charge >= 0.3 is 0 Å². The first-order chi connectivity index (χ1) is 19.8. The summed E-state index contributed by atoms with van der Waals surface area (Å²) in [5.74, 6) is 1.19. The van der Waals surface area contributed by atoms with Crippen molar-refractivity contribution in [3.8, 4) is 28.5 Å². The lowest BCUT2D eigenvalue weighted by molar-refractivity contribution is 0.0730. The van der Waals surface area contributed by atoms with Crippen molar-refractivity contribution in [1.29, 1.82) is 0 Å². The molecule has 1 aliphatic heterocycles. The number of phenols is 1. The number of carbonyl (C=O) groups is 1. The number of nitrogens with zero attached hydrogens (tertiary/aromatic N) is 2. The summed E-state index contributed by atoms with van der Waals surface area (Å²) in [6.07, 6.45) is 4.44. The minimum absolute atomic E-state index is 0.122. The van der Waals surface area contributed by atoms with Crippen molar-refractivity contribution in [2.75, 3.05) is 13.7 Å².